The first kappa shape index (κ1) is 39.3. The molecule has 11 rings (SSSR count). The van der Waals surface area contributed by atoms with E-state index in [2.05, 4.69) is 157 Å². The predicted molar refractivity (Wildman–Crippen MR) is 271 cm³/mol. The van der Waals surface area contributed by atoms with E-state index in [1.165, 1.54) is 126 Å². The van der Waals surface area contributed by atoms with Gasteiger partial charge in [0.25, 0.3) is 0 Å². The van der Waals surface area contributed by atoms with Gasteiger partial charge in [-0.15, -0.1) is 22.7 Å². The highest BCUT2D eigenvalue weighted by molar-refractivity contribution is 7.25. The van der Waals surface area contributed by atoms with Crippen molar-refractivity contribution >= 4 is 109 Å². The van der Waals surface area contributed by atoms with Gasteiger partial charge in [0.15, 0.2) is 0 Å². The Balaban J connectivity index is 1.13. The quantitative estimate of drug-likeness (QED) is 0.102. The number of unbranched alkanes of at least 4 members (excludes halogenated alkanes) is 2. The second-order valence-corrected chi connectivity index (χ2v) is 19.5. The molecule has 62 heavy (non-hydrogen) atoms. The topological polar surface area (TPSA) is 35.6 Å². The van der Waals surface area contributed by atoms with Crippen LogP contribution in [0.2, 0.25) is 0 Å². The molecule has 0 aliphatic rings. The fraction of sp³-hybridized carbons (Fsp3) is 0.286. The molecule has 0 spiro atoms. The van der Waals surface area contributed by atoms with Crippen LogP contribution in [0, 0.1) is 11.8 Å². The highest BCUT2D eigenvalue weighted by Crippen LogP contribution is 2.44. The molecule has 4 nitrogen and oxygen atoms in total. The second kappa shape index (κ2) is 16.3. The van der Waals surface area contributed by atoms with E-state index >= 15 is 0 Å². The van der Waals surface area contributed by atoms with Gasteiger partial charge in [0.2, 0.25) is 0 Å². The van der Waals surface area contributed by atoms with Crippen molar-refractivity contribution in [3.63, 3.8) is 0 Å². The van der Waals surface area contributed by atoms with Crippen molar-refractivity contribution in [2.45, 2.75) is 92.2 Å². The van der Waals surface area contributed by atoms with E-state index in [-0.39, 0.29) is 0 Å². The molecule has 0 saturated carbocycles. The van der Waals surface area contributed by atoms with Crippen LogP contribution in [0.3, 0.4) is 0 Å². The highest BCUT2D eigenvalue weighted by atomic mass is 32.1. The van der Waals surface area contributed by atoms with Crippen LogP contribution in [0.4, 0.5) is 0 Å². The third kappa shape index (κ3) is 6.43. The molecule has 0 fully saturated rings. The van der Waals surface area contributed by atoms with Gasteiger partial charge in [-0.3, -0.25) is 0 Å². The molecular formula is C56H54N4S2. The fourth-order valence-electron chi connectivity index (χ4n) is 10.5. The van der Waals surface area contributed by atoms with E-state index in [9.17, 15) is 0 Å². The lowest BCUT2D eigenvalue weighted by Gasteiger charge is -2.18. The van der Waals surface area contributed by atoms with Gasteiger partial charge < -0.3 is 9.13 Å². The molecule has 0 radical (unpaired) electrons. The van der Waals surface area contributed by atoms with Crippen LogP contribution >= 0.6 is 22.7 Å². The van der Waals surface area contributed by atoms with Gasteiger partial charge in [-0.2, -0.15) is 0 Å². The number of rotatable bonds is 14. The molecule has 0 N–H and O–H groups in total. The number of thiophene rings is 2. The standard InChI is InChI=1S/C56H54N4S2/c1-5-9-15-35(7-3)33-59-47-19-13-11-17-41(47)45-31-37(21-25-49(45)59)39-23-24-40(52-51(39)57-53-43-27-29-61-55(43)56-44(28-30-62-56)54(53)58-52)38-22-26-50-46(32-38)42-18-12-14-20-48(42)60(50)34-36(8-4)16-10-6-2/h11-14,17-32,35-36H,5-10,15-16,33-34H2,1-4H3. The summed E-state index contributed by atoms with van der Waals surface area (Å²) >= 11 is 3.62. The van der Waals surface area contributed by atoms with Gasteiger partial charge >= 0.3 is 0 Å². The third-order valence-electron chi connectivity index (χ3n) is 14.0. The highest BCUT2D eigenvalue weighted by Gasteiger charge is 2.22. The molecule has 0 aliphatic heterocycles. The normalized spacial score (nSPS) is 13.4. The molecule has 0 aliphatic carbocycles. The lowest BCUT2D eigenvalue weighted by Crippen LogP contribution is -2.10. The summed E-state index contributed by atoms with van der Waals surface area (Å²) in [4.78, 5) is 11.4. The minimum atomic E-state index is 0.659. The first-order valence-electron chi connectivity index (χ1n) is 23.1. The van der Waals surface area contributed by atoms with Crippen molar-refractivity contribution < 1.29 is 0 Å². The van der Waals surface area contributed by atoms with Gasteiger partial charge in [-0.25, -0.2) is 9.97 Å². The van der Waals surface area contributed by atoms with Crippen molar-refractivity contribution in [3.8, 4) is 22.3 Å². The van der Waals surface area contributed by atoms with Gasteiger partial charge in [0.1, 0.15) is 0 Å². The number of fused-ring (bicyclic) bond motifs is 13. The smallest absolute Gasteiger partial charge is 0.0988 e. The van der Waals surface area contributed by atoms with Crippen LogP contribution in [0.5, 0.6) is 0 Å². The van der Waals surface area contributed by atoms with Crippen LogP contribution in [-0.2, 0) is 13.1 Å². The molecule has 11 aromatic rings. The third-order valence-corrected chi connectivity index (χ3v) is 16.0. The molecule has 0 bridgehead atoms. The van der Waals surface area contributed by atoms with Crippen molar-refractivity contribution in [1.82, 2.24) is 19.1 Å². The Hall–Kier alpha value is -5.56. The lowest BCUT2D eigenvalue weighted by molar-refractivity contribution is 0.401. The lowest BCUT2D eigenvalue weighted by atomic mass is 9.95. The summed E-state index contributed by atoms with van der Waals surface area (Å²) in [5.74, 6) is 1.32. The van der Waals surface area contributed by atoms with E-state index in [0.29, 0.717) is 11.8 Å². The molecule has 6 aromatic carbocycles. The first-order chi connectivity index (χ1) is 30.6. The van der Waals surface area contributed by atoms with Crippen molar-refractivity contribution in [1.29, 1.82) is 0 Å². The van der Waals surface area contributed by atoms with E-state index in [0.717, 1.165) is 46.3 Å². The number of hydrogen-bond donors (Lipinski definition) is 0. The van der Waals surface area contributed by atoms with E-state index in [1.54, 1.807) is 0 Å². The fourth-order valence-corrected chi connectivity index (χ4v) is 12.5. The van der Waals surface area contributed by atoms with E-state index in [1.807, 2.05) is 22.7 Å². The SMILES string of the molecule is CCCCC(CC)Cn1c2ccccc2c2cc(-c3ccc(-c4ccc5c(c4)c4ccccc4n5CC(CC)CCCC)c4nc5c6ccsc6c6sccc6c5nc34)ccc21. The number of benzene rings is 6. The van der Waals surface area contributed by atoms with Crippen LogP contribution < -0.4 is 0 Å². The van der Waals surface area contributed by atoms with E-state index in [4.69, 9.17) is 9.97 Å². The van der Waals surface area contributed by atoms with Gasteiger partial charge in [0.05, 0.1) is 31.5 Å². The Morgan fingerprint density at radius 3 is 1.32 bits per heavy atom. The van der Waals surface area contributed by atoms with Crippen LogP contribution in [-0.4, -0.2) is 19.1 Å². The summed E-state index contributed by atoms with van der Waals surface area (Å²) in [5, 5.41) is 12.0. The minimum absolute atomic E-state index is 0.659. The Kier molecular flexibility index (Phi) is 10.3. The van der Waals surface area contributed by atoms with Gasteiger partial charge in [-0.1, -0.05) is 127 Å². The number of para-hydroxylation sites is 2. The van der Waals surface area contributed by atoms with Crippen molar-refractivity contribution in [3.05, 3.63) is 120 Å². The number of nitrogens with zero attached hydrogens (tertiary/aromatic N) is 4. The molecule has 6 heteroatoms. The Bertz CT molecular complexity index is 3220. The number of aromatic nitrogens is 4. The second-order valence-electron chi connectivity index (χ2n) is 17.7. The minimum Gasteiger partial charge on any atom is -0.340 e. The van der Waals surface area contributed by atoms with Crippen LogP contribution in [0.15, 0.2) is 120 Å². The van der Waals surface area contributed by atoms with Gasteiger partial charge in [-0.05, 0) is 95.1 Å². The zero-order chi connectivity index (χ0) is 41.9. The Morgan fingerprint density at radius 1 is 0.452 bits per heavy atom. The molecular weight excluding hydrogens is 793 g/mol. The Labute approximate surface area is 371 Å². The maximum absolute atomic E-state index is 5.72. The maximum atomic E-state index is 5.72. The monoisotopic (exact) mass is 846 g/mol. The summed E-state index contributed by atoms with van der Waals surface area (Å²) < 4.78 is 7.78. The first-order valence-corrected chi connectivity index (χ1v) is 24.9. The summed E-state index contributed by atoms with van der Waals surface area (Å²) in [7, 11) is 0. The maximum Gasteiger partial charge on any atom is 0.0988 e. The molecule has 5 heterocycles. The van der Waals surface area contributed by atoms with E-state index < -0.39 is 0 Å². The summed E-state index contributed by atoms with van der Waals surface area (Å²) in [6.07, 6.45) is 9.98. The number of hydrogen-bond acceptors (Lipinski definition) is 4. The average Bonchev–Trinajstić information content (AvgIpc) is 4.13. The van der Waals surface area contributed by atoms with Gasteiger partial charge in [0, 0.05) is 78.6 Å². The average molecular weight is 847 g/mol. The molecule has 5 aromatic heterocycles. The zero-order valence-corrected chi connectivity index (χ0v) is 38.0. The molecule has 310 valence electrons. The zero-order valence-electron chi connectivity index (χ0n) is 36.4. The Morgan fingerprint density at radius 2 is 0.887 bits per heavy atom. The molecule has 2 unspecified atom stereocenters. The van der Waals surface area contributed by atoms with Crippen molar-refractivity contribution in [2.75, 3.05) is 0 Å². The largest absolute Gasteiger partial charge is 0.340 e. The molecule has 0 saturated heterocycles. The summed E-state index contributed by atoms with van der Waals surface area (Å²) in [6.45, 7) is 11.4. The van der Waals surface area contributed by atoms with Crippen LogP contribution in [0.25, 0.3) is 108 Å². The summed E-state index contributed by atoms with van der Waals surface area (Å²) in [6, 6.07) is 41.4. The predicted octanol–water partition coefficient (Wildman–Crippen LogP) is 17.2. The summed E-state index contributed by atoms with van der Waals surface area (Å²) in [5.41, 5.74) is 13.7. The van der Waals surface area contributed by atoms with Crippen molar-refractivity contribution in [2.24, 2.45) is 11.8 Å². The van der Waals surface area contributed by atoms with Crippen LogP contribution in [0.1, 0.15) is 79.1 Å². The molecule has 0 amide bonds. The molecule has 2 atom stereocenters.